The van der Waals surface area contributed by atoms with Crippen LogP contribution in [0.5, 0.6) is 0 Å². The average Bonchev–Trinajstić information content (AvgIpc) is 3.02. The number of benzene rings is 1. The van der Waals surface area contributed by atoms with Gasteiger partial charge >= 0.3 is 0 Å². The van der Waals surface area contributed by atoms with Gasteiger partial charge in [-0.25, -0.2) is 4.98 Å². The van der Waals surface area contributed by atoms with Gasteiger partial charge in [0.05, 0.1) is 5.56 Å². The van der Waals surface area contributed by atoms with E-state index in [0.29, 0.717) is 17.4 Å². The highest BCUT2D eigenvalue weighted by molar-refractivity contribution is 5.99. The Hall–Kier alpha value is -2.36. The molecule has 21 heavy (non-hydrogen) atoms. The van der Waals surface area contributed by atoms with Crippen LogP contribution < -0.4 is 10.6 Å². The highest BCUT2D eigenvalue weighted by Crippen LogP contribution is 2.21. The molecule has 108 valence electrons. The summed E-state index contributed by atoms with van der Waals surface area (Å²) >= 11 is 0. The number of hydrogen-bond acceptors (Lipinski definition) is 3. The zero-order valence-corrected chi connectivity index (χ0v) is 11.9. The molecule has 1 aliphatic rings. The summed E-state index contributed by atoms with van der Waals surface area (Å²) in [7, 11) is 0. The van der Waals surface area contributed by atoms with E-state index in [2.05, 4.69) is 15.6 Å². The van der Waals surface area contributed by atoms with Crippen molar-refractivity contribution < 1.29 is 4.79 Å². The minimum absolute atomic E-state index is 0.0477. The van der Waals surface area contributed by atoms with Gasteiger partial charge in [-0.2, -0.15) is 0 Å². The van der Waals surface area contributed by atoms with Crippen LogP contribution in [0.3, 0.4) is 0 Å². The topological polar surface area (TPSA) is 54.0 Å². The molecule has 0 spiro atoms. The molecule has 1 fully saturated rings. The van der Waals surface area contributed by atoms with Crippen molar-refractivity contribution in [3.63, 3.8) is 0 Å². The first-order chi connectivity index (χ1) is 10.3. The number of carbonyl (C=O) groups is 1. The van der Waals surface area contributed by atoms with Crippen LogP contribution in [0.1, 0.15) is 36.0 Å². The lowest BCUT2D eigenvalue weighted by Gasteiger charge is -2.14. The lowest BCUT2D eigenvalue weighted by atomic mass is 10.2. The van der Waals surface area contributed by atoms with Crippen molar-refractivity contribution in [2.45, 2.75) is 31.7 Å². The van der Waals surface area contributed by atoms with E-state index in [1.54, 1.807) is 12.3 Å². The van der Waals surface area contributed by atoms with Crippen molar-refractivity contribution in [2.24, 2.45) is 0 Å². The summed E-state index contributed by atoms with van der Waals surface area (Å²) in [5, 5.41) is 6.31. The fraction of sp³-hybridized carbons (Fsp3) is 0.294. The van der Waals surface area contributed by atoms with Crippen molar-refractivity contribution in [1.29, 1.82) is 0 Å². The lowest BCUT2D eigenvalue weighted by Crippen LogP contribution is -2.33. The molecule has 4 nitrogen and oxygen atoms in total. The maximum atomic E-state index is 12.4. The molecule has 3 rings (SSSR count). The Bertz CT molecular complexity index is 606. The molecule has 1 aliphatic carbocycles. The number of rotatable bonds is 4. The van der Waals surface area contributed by atoms with E-state index in [0.717, 1.165) is 18.5 Å². The highest BCUT2D eigenvalue weighted by atomic mass is 16.1. The molecule has 0 unspecified atom stereocenters. The third-order valence-corrected chi connectivity index (χ3v) is 3.78. The molecule has 4 heteroatoms. The van der Waals surface area contributed by atoms with Crippen molar-refractivity contribution in [3.05, 3.63) is 54.2 Å². The molecule has 2 N–H and O–H groups in total. The van der Waals surface area contributed by atoms with E-state index in [9.17, 15) is 4.79 Å². The molecule has 1 heterocycles. The number of anilines is 2. The average molecular weight is 281 g/mol. The maximum Gasteiger partial charge on any atom is 0.255 e. The van der Waals surface area contributed by atoms with Crippen LogP contribution in [0.15, 0.2) is 48.7 Å². The summed E-state index contributed by atoms with van der Waals surface area (Å²) in [6.07, 6.45) is 6.25. The standard InChI is InChI=1S/C17H19N3O/c21-17(20-14-9-4-5-10-14)15-11-6-12-18-16(15)19-13-7-2-1-3-8-13/h1-3,6-8,11-12,14H,4-5,9-10H2,(H,18,19)(H,20,21). The van der Waals surface area contributed by atoms with Gasteiger partial charge in [0.1, 0.15) is 5.82 Å². The van der Waals surface area contributed by atoms with E-state index in [1.807, 2.05) is 36.4 Å². The Morgan fingerprint density at radius 1 is 1.05 bits per heavy atom. The summed E-state index contributed by atoms with van der Waals surface area (Å²) in [5.74, 6) is 0.549. The summed E-state index contributed by atoms with van der Waals surface area (Å²) in [5.41, 5.74) is 1.51. The summed E-state index contributed by atoms with van der Waals surface area (Å²) in [6, 6.07) is 13.7. The van der Waals surface area contributed by atoms with Crippen LogP contribution in [0.4, 0.5) is 11.5 Å². The van der Waals surface area contributed by atoms with E-state index < -0.39 is 0 Å². The van der Waals surface area contributed by atoms with Gasteiger partial charge in [0.15, 0.2) is 0 Å². The van der Waals surface area contributed by atoms with Gasteiger partial charge in [-0.1, -0.05) is 31.0 Å². The Labute approximate surface area is 124 Å². The second-order valence-corrected chi connectivity index (χ2v) is 5.35. The van der Waals surface area contributed by atoms with Crippen LogP contribution >= 0.6 is 0 Å². The van der Waals surface area contributed by atoms with Gasteiger partial charge in [0.25, 0.3) is 5.91 Å². The summed E-state index contributed by atoms with van der Waals surface area (Å²) in [4.78, 5) is 16.7. The van der Waals surface area contributed by atoms with Crippen molar-refractivity contribution in [3.8, 4) is 0 Å². The molecule has 1 amide bonds. The molecule has 1 aromatic heterocycles. The van der Waals surface area contributed by atoms with Gasteiger partial charge in [0, 0.05) is 17.9 Å². The molecule has 1 saturated carbocycles. The van der Waals surface area contributed by atoms with Gasteiger partial charge in [0.2, 0.25) is 0 Å². The first kappa shape index (κ1) is 13.6. The third-order valence-electron chi connectivity index (χ3n) is 3.78. The normalized spacial score (nSPS) is 14.9. The Morgan fingerprint density at radius 3 is 2.57 bits per heavy atom. The second-order valence-electron chi connectivity index (χ2n) is 5.35. The fourth-order valence-electron chi connectivity index (χ4n) is 2.68. The molecule has 0 saturated heterocycles. The van der Waals surface area contributed by atoms with Crippen LogP contribution in [-0.2, 0) is 0 Å². The minimum Gasteiger partial charge on any atom is -0.349 e. The van der Waals surface area contributed by atoms with Gasteiger partial charge in [-0.05, 0) is 37.1 Å². The van der Waals surface area contributed by atoms with Crippen LogP contribution in [0, 0.1) is 0 Å². The van der Waals surface area contributed by atoms with E-state index >= 15 is 0 Å². The molecular weight excluding hydrogens is 262 g/mol. The molecule has 2 aromatic rings. The van der Waals surface area contributed by atoms with Gasteiger partial charge < -0.3 is 10.6 Å². The van der Waals surface area contributed by atoms with Crippen molar-refractivity contribution >= 4 is 17.4 Å². The van der Waals surface area contributed by atoms with E-state index in [1.165, 1.54) is 12.8 Å². The Balaban J connectivity index is 1.77. The fourth-order valence-corrected chi connectivity index (χ4v) is 2.68. The van der Waals surface area contributed by atoms with Crippen LogP contribution in [0.2, 0.25) is 0 Å². The summed E-state index contributed by atoms with van der Waals surface area (Å²) < 4.78 is 0. The number of aromatic nitrogens is 1. The largest absolute Gasteiger partial charge is 0.349 e. The molecular formula is C17H19N3O. The predicted octanol–water partition coefficient (Wildman–Crippen LogP) is 3.50. The van der Waals surface area contributed by atoms with E-state index in [-0.39, 0.29) is 5.91 Å². The number of para-hydroxylation sites is 1. The number of pyridine rings is 1. The van der Waals surface area contributed by atoms with Crippen molar-refractivity contribution in [1.82, 2.24) is 10.3 Å². The van der Waals surface area contributed by atoms with Crippen LogP contribution in [0.25, 0.3) is 0 Å². The zero-order chi connectivity index (χ0) is 14.5. The minimum atomic E-state index is -0.0477. The molecule has 0 aliphatic heterocycles. The number of nitrogens with one attached hydrogen (secondary N) is 2. The quantitative estimate of drug-likeness (QED) is 0.902. The second kappa shape index (κ2) is 6.39. The monoisotopic (exact) mass is 281 g/mol. The molecule has 0 atom stereocenters. The number of hydrogen-bond donors (Lipinski definition) is 2. The smallest absolute Gasteiger partial charge is 0.255 e. The predicted molar refractivity (Wildman–Crippen MR) is 83.7 cm³/mol. The Morgan fingerprint density at radius 2 is 1.81 bits per heavy atom. The lowest BCUT2D eigenvalue weighted by molar-refractivity contribution is 0.0938. The van der Waals surface area contributed by atoms with Gasteiger partial charge in [-0.3, -0.25) is 4.79 Å². The highest BCUT2D eigenvalue weighted by Gasteiger charge is 2.20. The number of amides is 1. The van der Waals surface area contributed by atoms with E-state index in [4.69, 9.17) is 0 Å². The SMILES string of the molecule is O=C(NC1CCCC1)c1cccnc1Nc1ccccc1. The number of nitrogens with zero attached hydrogens (tertiary/aromatic N) is 1. The molecule has 0 bridgehead atoms. The van der Waals surface area contributed by atoms with Crippen molar-refractivity contribution in [2.75, 3.05) is 5.32 Å². The summed E-state index contributed by atoms with van der Waals surface area (Å²) in [6.45, 7) is 0. The zero-order valence-electron chi connectivity index (χ0n) is 11.9. The first-order valence-corrected chi connectivity index (χ1v) is 7.41. The Kier molecular flexibility index (Phi) is 4.15. The number of carbonyl (C=O) groups excluding carboxylic acids is 1. The van der Waals surface area contributed by atoms with Crippen LogP contribution in [-0.4, -0.2) is 16.9 Å². The maximum absolute atomic E-state index is 12.4. The first-order valence-electron chi connectivity index (χ1n) is 7.41. The molecule has 1 aromatic carbocycles. The van der Waals surface area contributed by atoms with Gasteiger partial charge in [-0.15, -0.1) is 0 Å². The molecule has 0 radical (unpaired) electrons. The third kappa shape index (κ3) is 3.40.